The van der Waals surface area contributed by atoms with Crippen molar-refractivity contribution in [1.29, 1.82) is 0 Å². The molecule has 0 N–H and O–H groups in total. The van der Waals surface area contributed by atoms with E-state index in [1.54, 1.807) is 0 Å². The molecule has 1 heterocycles. The number of hydrogen-bond donors (Lipinski definition) is 0. The summed E-state index contributed by atoms with van der Waals surface area (Å²) in [6.45, 7) is 6.53. The first-order chi connectivity index (χ1) is 3.29. The molecule has 1 aliphatic heterocycles. The lowest BCUT2D eigenvalue weighted by Crippen LogP contribution is -1.97. The Hall–Kier alpha value is -0.525. The average molecular weight is 91.9 g/mol. The Morgan fingerprint density at radius 3 is 2.71 bits per heavy atom. The lowest BCUT2D eigenvalue weighted by Gasteiger charge is -1.79. The first-order valence-corrected chi connectivity index (χ1v) is 2.32. The largest absolute Gasteiger partial charge is 0.301 e. The lowest BCUT2D eigenvalue weighted by atomic mass is 9.69. The molecule has 0 saturated carbocycles. The van der Waals surface area contributed by atoms with Crippen LogP contribution in [0.3, 0.4) is 0 Å². The van der Waals surface area contributed by atoms with Gasteiger partial charge in [-0.1, -0.05) is 5.47 Å². The Morgan fingerprint density at radius 1 is 1.86 bits per heavy atom. The van der Waals surface area contributed by atoms with E-state index in [1.807, 2.05) is 14.2 Å². The summed E-state index contributed by atoms with van der Waals surface area (Å²) >= 11 is 0. The third kappa shape index (κ3) is 0.920. The van der Waals surface area contributed by atoms with E-state index in [2.05, 4.69) is 11.6 Å². The second-order valence-corrected chi connectivity index (χ2v) is 1.76. The summed E-state index contributed by atoms with van der Waals surface area (Å²) in [6.07, 6.45) is 0. The average Bonchev–Trinajstić information content (AvgIpc) is 1.87. The molecule has 0 aromatic carbocycles. The van der Waals surface area contributed by atoms with Crippen molar-refractivity contribution < 1.29 is 0 Å². The SMILES string of the molecule is C=C1[B]C(C)=NC1. The minimum Gasteiger partial charge on any atom is -0.301 e. The number of aliphatic imine (C=N–C) groups is 1. The van der Waals surface area contributed by atoms with Gasteiger partial charge in [-0.25, -0.2) is 0 Å². The van der Waals surface area contributed by atoms with Crippen LogP contribution in [0.4, 0.5) is 0 Å². The van der Waals surface area contributed by atoms with Crippen molar-refractivity contribution in [3.05, 3.63) is 12.1 Å². The molecule has 0 spiro atoms. The van der Waals surface area contributed by atoms with E-state index < -0.39 is 0 Å². The fourth-order valence-corrected chi connectivity index (χ4v) is 0.613. The highest BCUT2D eigenvalue weighted by atomic mass is 14.7. The van der Waals surface area contributed by atoms with Gasteiger partial charge in [0.25, 0.3) is 0 Å². The number of rotatable bonds is 0. The molecular formula is C5H7BN. The highest BCUT2D eigenvalue weighted by molar-refractivity contribution is 6.81. The molecule has 2 heteroatoms. The first kappa shape index (κ1) is 4.63. The summed E-state index contributed by atoms with van der Waals surface area (Å²) in [6, 6.07) is 0. The minimum atomic E-state index is 0.811. The van der Waals surface area contributed by atoms with Crippen LogP contribution in [0.2, 0.25) is 0 Å². The molecule has 0 aromatic rings. The Balaban J connectivity index is 2.58. The van der Waals surface area contributed by atoms with Gasteiger partial charge >= 0.3 is 0 Å². The Labute approximate surface area is 44.4 Å². The standard InChI is InChI=1S/C5H7BN/c1-4-3-7-5(2)6-4/h1,3H2,2H3. The predicted molar refractivity (Wildman–Crippen MR) is 32.9 cm³/mol. The van der Waals surface area contributed by atoms with Crippen LogP contribution in [0.15, 0.2) is 17.0 Å². The number of nitrogens with zero attached hydrogens (tertiary/aromatic N) is 1. The Morgan fingerprint density at radius 2 is 2.57 bits per heavy atom. The van der Waals surface area contributed by atoms with Crippen LogP contribution in [0, 0.1) is 0 Å². The molecule has 0 aromatic heterocycles. The molecule has 0 atom stereocenters. The van der Waals surface area contributed by atoms with Crippen molar-refractivity contribution in [3.8, 4) is 0 Å². The molecule has 1 radical (unpaired) electrons. The van der Waals surface area contributed by atoms with Gasteiger partial charge in [0.15, 0.2) is 0 Å². The minimum absolute atomic E-state index is 0.811. The zero-order chi connectivity index (χ0) is 5.28. The number of hydrogen-bond acceptors (Lipinski definition) is 1. The quantitative estimate of drug-likeness (QED) is 0.388. The van der Waals surface area contributed by atoms with Crippen LogP contribution >= 0.6 is 0 Å². The third-order valence-corrected chi connectivity index (χ3v) is 0.945. The molecule has 1 rings (SSSR count). The summed E-state index contributed by atoms with van der Waals surface area (Å²) in [4.78, 5) is 4.08. The fraction of sp³-hybridized carbons (Fsp3) is 0.400. The molecule has 35 valence electrons. The van der Waals surface area contributed by atoms with Gasteiger partial charge in [0, 0.05) is 0 Å². The summed E-state index contributed by atoms with van der Waals surface area (Å²) in [7, 11) is 2.00. The van der Waals surface area contributed by atoms with E-state index in [9.17, 15) is 0 Å². The van der Waals surface area contributed by atoms with Gasteiger partial charge in [0.2, 0.25) is 7.28 Å². The van der Waals surface area contributed by atoms with Crippen LogP contribution < -0.4 is 0 Å². The molecular weight excluding hydrogens is 84.9 g/mol. The van der Waals surface area contributed by atoms with E-state index >= 15 is 0 Å². The molecule has 0 aliphatic carbocycles. The van der Waals surface area contributed by atoms with Crippen LogP contribution in [-0.4, -0.2) is 19.4 Å². The van der Waals surface area contributed by atoms with Gasteiger partial charge in [-0.2, -0.15) is 0 Å². The second kappa shape index (κ2) is 1.53. The molecule has 0 saturated heterocycles. The molecule has 1 nitrogen and oxygen atoms in total. The van der Waals surface area contributed by atoms with Gasteiger partial charge in [0.05, 0.1) is 6.54 Å². The van der Waals surface area contributed by atoms with Gasteiger partial charge in [-0.05, 0) is 12.5 Å². The fourth-order valence-electron chi connectivity index (χ4n) is 0.613. The maximum Gasteiger partial charge on any atom is 0.206 e. The molecule has 0 amide bonds. The molecule has 1 aliphatic rings. The highest BCUT2D eigenvalue weighted by Gasteiger charge is 2.04. The molecule has 0 unspecified atom stereocenters. The van der Waals surface area contributed by atoms with Gasteiger partial charge < -0.3 is 4.99 Å². The van der Waals surface area contributed by atoms with Gasteiger partial charge in [0.1, 0.15) is 0 Å². The maximum absolute atomic E-state index is 4.08. The van der Waals surface area contributed by atoms with Gasteiger partial charge in [-0.15, -0.1) is 6.58 Å². The van der Waals surface area contributed by atoms with Crippen molar-refractivity contribution in [3.63, 3.8) is 0 Å². The van der Waals surface area contributed by atoms with Crippen molar-refractivity contribution in [2.75, 3.05) is 6.54 Å². The molecule has 0 bridgehead atoms. The Bertz CT molecular complexity index is 126. The van der Waals surface area contributed by atoms with E-state index in [0.29, 0.717) is 0 Å². The normalized spacial score (nSPS) is 19.0. The lowest BCUT2D eigenvalue weighted by molar-refractivity contribution is 1.25. The maximum atomic E-state index is 4.08. The van der Waals surface area contributed by atoms with E-state index in [1.165, 1.54) is 0 Å². The first-order valence-electron chi connectivity index (χ1n) is 2.32. The zero-order valence-electron chi connectivity index (χ0n) is 4.44. The Kier molecular flexibility index (Phi) is 1.01. The van der Waals surface area contributed by atoms with Gasteiger partial charge in [-0.3, -0.25) is 0 Å². The second-order valence-electron chi connectivity index (χ2n) is 1.76. The summed E-state index contributed by atoms with van der Waals surface area (Å²) in [5, 5.41) is 0. The summed E-state index contributed by atoms with van der Waals surface area (Å²) in [5.74, 6) is 0. The summed E-state index contributed by atoms with van der Waals surface area (Å²) < 4.78 is 0. The molecule has 7 heavy (non-hydrogen) atoms. The van der Waals surface area contributed by atoms with Crippen molar-refractivity contribution >= 4 is 12.9 Å². The smallest absolute Gasteiger partial charge is 0.206 e. The van der Waals surface area contributed by atoms with E-state index in [4.69, 9.17) is 0 Å². The topological polar surface area (TPSA) is 12.4 Å². The van der Waals surface area contributed by atoms with Crippen LogP contribution in [0.25, 0.3) is 0 Å². The van der Waals surface area contributed by atoms with Crippen LogP contribution in [-0.2, 0) is 0 Å². The van der Waals surface area contributed by atoms with Crippen LogP contribution in [0.1, 0.15) is 6.92 Å². The zero-order valence-corrected chi connectivity index (χ0v) is 4.44. The van der Waals surface area contributed by atoms with E-state index in [0.717, 1.165) is 17.6 Å². The predicted octanol–water partition coefficient (Wildman–Crippen LogP) is 0.636. The van der Waals surface area contributed by atoms with Crippen molar-refractivity contribution in [2.24, 2.45) is 4.99 Å². The summed E-state index contributed by atoms with van der Waals surface area (Å²) in [5.41, 5.74) is 2.22. The molecule has 0 fully saturated rings. The van der Waals surface area contributed by atoms with E-state index in [-0.39, 0.29) is 0 Å². The highest BCUT2D eigenvalue weighted by Crippen LogP contribution is 1.98. The monoisotopic (exact) mass is 92.1 g/mol. The van der Waals surface area contributed by atoms with Crippen molar-refractivity contribution in [1.82, 2.24) is 0 Å². The third-order valence-electron chi connectivity index (χ3n) is 0.945. The van der Waals surface area contributed by atoms with Crippen LogP contribution in [0.5, 0.6) is 0 Å². The van der Waals surface area contributed by atoms with Crippen molar-refractivity contribution in [2.45, 2.75) is 6.92 Å².